The van der Waals surface area contributed by atoms with Gasteiger partial charge in [0.2, 0.25) is 10.0 Å². The Labute approximate surface area is 133 Å². The molecule has 0 amide bonds. The van der Waals surface area contributed by atoms with Gasteiger partial charge in [-0.25, -0.2) is 8.42 Å². The lowest BCUT2D eigenvalue weighted by molar-refractivity contribution is 0.452. The van der Waals surface area contributed by atoms with Crippen molar-refractivity contribution in [2.24, 2.45) is 0 Å². The maximum atomic E-state index is 12.6. The second-order valence-electron chi connectivity index (χ2n) is 4.91. The van der Waals surface area contributed by atoms with E-state index < -0.39 is 10.0 Å². The van der Waals surface area contributed by atoms with Crippen molar-refractivity contribution in [1.29, 1.82) is 0 Å². The number of furan rings is 1. The van der Waals surface area contributed by atoms with Gasteiger partial charge in [0.05, 0.1) is 6.54 Å². The average molecular weight is 375 g/mol. The van der Waals surface area contributed by atoms with E-state index in [1.54, 1.807) is 18.2 Å². The molecule has 0 bridgehead atoms. The van der Waals surface area contributed by atoms with E-state index in [4.69, 9.17) is 4.42 Å². The van der Waals surface area contributed by atoms with E-state index in [0.29, 0.717) is 18.3 Å². The Bertz CT molecular complexity index is 610. The van der Waals surface area contributed by atoms with Crippen LogP contribution in [0.3, 0.4) is 0 Å². The van der Waals surface area contributed by atoms with Gasteiger partial charge in [-0.3, -0.25) is 0 Å². The molecule has 0 saturated heterocycles. The molecule has 1 saturated carbocycles. The van der Waals surface area contributed by atoms with Crippen LogP contribution < -0.4 is 5.32 Å². The molecule has 116 valence electrons. The van der Waals surface area contributed by atoms with Crippen LogP contribution in [0, 0.1) is 0 Å². The zero-order chi connectivity index (χ0) is 15.5. The van der Waals surface area contributed by atoms with E-state index in [0.717, 1.165) is 0 Å². The topological polar surface area (TPSA) is 62.6 Å². The zero-order valence-corrected chi connectivity index (χ0v) is 14.1. The largest absolute Gasteiger partial charge is 0.452 e. The highest BCUT2D eigenvalue weighted by Crippen LogP contribution is 2.29. The Kier molecular flexibility index (Phi) is 5.43. The fourth-order valence-electron chi connectivity index (χ4n) is 1.89. The Morgan fingerprint density at radius 3 is 2.52 bits per heavy atom. The highest BCUT2D eigenvalue weighted by atomic mass is 79.9. The molecule has 1 fully saturated rings. The summed E-state index contributed by atoms with van der Waals surface area (Å²) in [6, 6.07) is 2.10. The van der Waals surface area contributed by atoms with Gasteiger partial charge >= 0.3 is 0 Å². The summed E-state index contributed by atoms with van der Waals surface area (Å²) in [6.45, 7) is 8.15. The summed E-state index contributed by atoms with van der Waals surface area (Å²) in [4.78, 5) is 0.138. The maximum absolute atomic E-state index is 12.6. The molecule has 1 aliphatic carbocycles. The molecular formula is C14H19BrN2O3S. The van der Waals surface area contributed by atoms with Crippen molar-refractivity contribution in [3.8, 4) is 0 Å². The molecule has 5 nitrogen and oxygen atoms in total. The number of nitrogens with zero attached hydrogens (tertiary/aromatic N) is 1. The summed E-state index contributed by atoms with van der Waals surface area (Å²) in [5, 5.41) is 3.29. The van der Waals surface area contributed by atoms with Crippen LogP contribution >= 0.6 is 15.9 Å². The number of hydrogen-bond acceptors (Lipinski definition) is 4. The molecule has 0 atom stereocenters. The van der Waals surface area contributed by atoms with Crippen molar-refractivity contribution in [3.63, 3.8) is 0 Å². The molecule has 1 heterocycles. The molecule has 2 rings (SSSR count). The Morgan fingerprint density at radius 2 is 2.00 bits per heavy atom. The molecule has 0 spiro atoms. The quantitative estimate of drug-likeness (QED) is 0.674. The third kappa shape index (κ3) is 4.06. The molecule has 21 heavy (non-hydrogen) atoms. The van der Waals surface area contributed by atoms with E-state index in [-0.39, 0.29) is 22.7 Å². The van der Waals surface area contributed by atoms with Crippen molar-refractivity contribution < 1.29 is 12.8 Å². The molecule has 0 aromatic carbocycles. The summed E-state index contributed by atoms with van der Waals surface area (Å²) in [5.74, 6) is 0.601. The van der Waals surface area contributed by atoms with Gasteiger partial charge in [-0.15, -0.1) is 13.2 Å². The van der Waals surface area contributed by atoms with E-state index >= 15 is 0 Å². The first-order valence-electron chi connectivity index (χ1n) is 6.72. The molecule has 1 aromatic heterocycles. The van der Waals surface area contributed by atoms with Crippen LogP contribution in [0.4, 0.5) is 0 Å². The van der Waals surface area contributed by atoms with Gasteiger partial charge in [0.1, 0.15) is 10.7 Å². The van der Waals surface area contributed by atoms with Gasteiger partial charge in [-0.1, -0.05) is 12.2 Å². The summed E-state index contributed by atoms with van der Waals surface area (Å²) in [6.07, 6.45) is 5.42. The van der Waals surface area contributed by atoms with Crippen molar-refractivity contribution in [2.75, 3.05) is 13.1 Å². The number of sulfonamides is 1. The minimum absolute atomic E-state index is 0.138. The molecule has 1 aromatic rings. The van der Waals surface area contributed by atoms with Crippen LogP contribution in [0.1, 0.15) is 18.6 Å². The third-order valence-corrected chi connectivity index (χ3v) is 5.82. The van der Waals surface area contributed by atoms with Gasteiger partial charge in [0, 0.05) is 25.2 Å². The summed E-state index contributed by atoms with van der Waals surface area (Å²) in [7, 11) is -3.64. The van der Waals surface area contributed by atoms with Gasteiger partial charge in [0.15, 0.2) is 4.67 Å². The lowest BCUT2D eigenvalue weighted by atomic mass is 10.4. The maximum Gasteiger partial charge on any atom is 0.248 e. The first-order valence-corrected chi connectivity index (χ1v) is 8.96. The van der Waals surface area contributed by atoms with E-state index in [9.17, 15) is 8.42 Å². The van der Waals surface area contributed by atoms with E-state index in [2.05, 4.69) is 34.4 Å². The number of rotatable bonds is 9. The monoisotopic (exact) mass is 374 g/mol. The number of halogens is 1. The second kappa shape index (κ2) is 6.91. The molecule has 0 radical (unpaired) electrons. The summed E-state index contributed by atoms with van der Waals surface area (Å²) in [5.41, 5.74) is 0. The SMILES string of the molecule is C=CCN(CC=C)S(=O)(=O)c1cc(CNC2CC2)oc1Br. The molecule has 0 aliphatic heterocycles. The Morgan fingerprint density at radius 1 is 1.38 bits per heavy atom. The van der Waals surface area contributed by atoms with Gasteiger partial charge in [0.25, 0.3) is 0 Å². The zero-order valence-electron chi connectivity index (χ0n) is 11.7. The van der Waals surface area contributed by atoms with Crippen molar-refractivity contribution in [3.05, 3.63) is 41.8 Å². The Balaban J connectivity index is 2.20. The standard InChI is InChI=1S/C14H19BrN2O3S/c1-3-7-17(8-4-2)21(18,19)13-9-12(20-14(13)15)10-16-11-5-6-11/h3-4,9,11,16H,1-2,5-8,10H2. The van der Waals surface area contributed by atoms with Crippen LogP contribution in [-0.2, 0) is 16.6 Å². The minimum Gasteiger partial charge on any atom is -0.452 e. The second-order valence-corrected chi connectivity index (χ2v) is 7.53. The van der Waals surface area contributed by atoms with Crippen molar-refractivity contribution in [2.45, 2.75) is 30.3 Å². The van der Waals surface area contributed by atoms with Gasteiger partial charge in [-0.05, 0) is 28.8 Å². The molecule has 1 aliphatic rings. The molecular weight excluding hydrogens is 356 g/mol. The number of hydrogen-bond donors (Lipinski definition) is 1. The lowest BCUT2D eigenvalue weighted by Gasteiger charge is -2.17. The van der Waals surface area contributed by atoms with Crippen LogP contribution in [-0.4, -0.2) is 31.9 Å². The molecule has 0 unspecified atom stereocenters. The molecule has 7 heteroatoms. The third-order valence-electron chi connectivity index (χ3n) is 3.13. The highest BCUT2D eigenvalue weighted by Gasteiger charge is 2.28. The van der Waals surface area contributed by atoms with Crippen molar-refractivity contribution in [1.82, 2.24) is 9.62 Å². The predicted molar refractivity (Wildman–Crippen MR) is 85.4 cm³/mol. The van der Waals surface area contributed by atoms with Crippen LogP contribution in [0.5, 0.6) is 0 Å². The Hall–Kier alpha value is -0.890. The van der Waals surface area contributed by atoms with E-state index in [1.807, 2.05) is 0 Å². The predicted octanol–water partition coefficient (Wildman–Crippen LogP) is 2.66. The van der Waals surface area contributed by atoms with Gasteiger partial charge < -0.3 is 9.73 Å². The van der Waals surface area contributed by atoms with Gasteiger partial charge in [-0.2, -0.15) is 4.31 Å². The van der Waals surface area contributed by atoms with Crippen LogP contribution in [0.25, 0.3) is 0 Å². The first kappa shape index (κ1) is 16.5. The number of nitrogens with one attached hydrogen (secondary N) is 1. The smallest absolute Gasteiger partial charge is 0.248 e. The normalized spacial score (nSPS) is 15.3. The van der Waals surface area contributed by atoms with Crippen LogP contribution in [0.15, 0.2) is 45.4 Å². The fourth-order valence-corrected chi connectivity index (χ4v) is 4.23. The fraction of sp³-hybridized carbons (Fsp3) is 0.429. The minimum atomic E-state index is -3.64. The summed E-state index contributed by atoms with van der Waals surface area (Å²) >= 11 is 3.19. The lowest BCUT2D eigenvalue weighted by Crippen LogP contribution is -2.31. The van der Waals surface area contributed by atoms with E-state index in [1.165, 1.54) is 17.1 Å². The molecule has 1 N–H and O–H groups in total. The first-order chi connectivity index (χ1) is 9.98. The van der Waals surface area contributed by atoms with Crippen LogP contribution in [0.2, 0.25) is 0 Å². The highest BCUT2D eigenvalue weighted by molar-refractivity contribution is 9.10. The average Bonchev–Trinajstić information content (AvgIpc) is 3.18. The summed E-state index contributed by atoms with van der Waals surface area (Å²) < 4.78 is 32.2. The van der Waals surface area contributed by atoms with Crippen molar-refractivity contribution >= 4 is 26.0 Å².